The second-order valence-electron chi connectivity index (χ2n) is 5.94. The van der Waals surface area contributed by atoms with Gasteiger partial charge in [-0.15, -0.1) is 0 Å². The van der Waals surface area contributed by atoms with Crippen LogP contribution in [0.15, 0.2) is 12.7 Å². The minimum atomic E-state index is -4.64. The number of nitrogen functional groups attached to an aromatic ring is 1. The maximum Gasteiger partial charge on any atom is 0.466 e. The molecule has 0 aliphatic carbocycles. The Morgan fingerprint density at radius 2 is 1.35 bits per heavy atom. The lowest BCUT2D eigenvalue weighted by Gasteiger charge is -2.17. The predicted octanol–water partition coefficient (Wildman–Crippen LogP) is -4.80. The van der Waals surface area contributed by atoms with Gasteiger partial charge < -0.3 is 70.5 Å². The van der Waals surface area contributed by atoms with E-state index in [0.717, 1.165) is 0 Å². The number of fused-ring (bicyclic) bond motifs is 1. The molecular weight excluding hydrogens is 537 g/mol. The molecule has 1 saturated heterocycles. The van der Waals surface area contributed by atoms with Crippen LogP contribution in [0.1, 0.15) is 6.23 Å². The summed E-state index contributed by atoms with van der Waals surface area (Å²) in [6.07, 6.45) is 0.456. The zero-order valence-corrected chi connectivity index (χ0v) is 19.2. The first-order valence-electron chi connectivity index (χ1n) is 8.11. The molecule has 21 nitrogen and oxygen atoms in total. The van der Waals surface area contributed by atoms with Crippen LogP contribution in [0.4, 0.5) is 5.82 Å². The van der Waals surface area contributed by atoms with Crippen LogP contribution in [0.5, 0.6) is 0 Å². The number of imidazole rings is 1. The van der Waals surface area contributed by atoms with Crippen molar-refractivity contribution in [2.24, 2.45) is 5.73 Å². The van der Waals surface area contributed by atoms with Gasteiger partial charge in [-0.3, -0.25) is 4.57 Å². The summed E-state index contributed by atoms with van der Waals surface area (Å²) in [5, 5.41) is 19.0. The highest BCUT2D eigenvalue weighted by atomic mass is 31.2. The summed E-state index contributed by atoms with van der Waals surface area (Å²) >= 11 is 0. The Bertz CT molecular complexity index is 978. The number of nitrogens with zero attached hydrogens (tertiary/aromatic N) is 4. The molecular formula is C10H23N6O15P3. The van der Waals surface area contributed by atoms with Crippen LogP contribution in [0, 0.1) is 0 Å². The average molecular weight is 560 g/mol. The van der Waals surface area contributed by atoms with Crippen molar-refractivity contribution in [3.05, 3.63) is 12.7 Å². The standard InChI is InChI=1S/C10H14N6O3.3H3O4P/c11-5-7(18)4(1-17)19-10(5)16-3-15-6-8(12)13-2-14-9(6)16;3*1-5(2,3)4/h2-5,7,10,17-18H,1,11H2,(H2,12,13,14);3*(H3,1,2,3,4)/t4-,5+,7-,10-;;;/m1.../s1. The number of anilines is 1. The summed E-state index contributed by atoms with van der Waals surface area (Å²) in [4.78, 5) is 76.7. The Hall–Kier alpha value is -1.48. The van der Waals surface area contributed by atoms with Crippen LogP contribution in [-0.2, 0) is 18.4 Å². The van der Waals surface area contributed by atoms with E-state index < -0.39 is 47.9 Å². The molecule has 3 heterocycles. The fourth-order valence-electron chi connectivity index (χ4n) is 2.23. The summed E-state index contributed by atoms with van der Waals surface area (Å²) in [5.41, 5.74) is 12.5. The van der Waals surface area contributed by atoms with Crippen LogP contribution >= 0.6 is 23.5 Å². The molecule has 0 unspecified atom stereocenters. The number of aromatic nitrogens is 4. The number of hydrogen-bond donors (Lipinski definition) is 13. The molecule has 34 heavy (non-hydrogen) atoms. The Morgan fingerprint density at radius 3 is 1.74 bits per heavy atom. The summed E-state index contributed by atoms with van der Waals surface area (Å²) in [6, 6.07) is -0.689. The molecule has 1 aliphatic heterocycles. The monoisotopic (exact) mass is 560 g/mol. The molecule has 198 valence electrons. The van der Waals surface area contributed by atoms with E-state index >= 15 is 0 Å². The molecule has 0 saturated carbocycles. The van der Waals surface area contributed by atoms with Crippen molar-refractivity contribution in [3.63, 3.8) is 0 Å². The van der Waals surface area contributed by atoms with Crippen LogP contribution < -0.4 is 11.5 Å². The second-order valence-corrected chi connectivity index (χ2v) is 9.02. The lowest BCUT2D eigenvalue weighted by Crippen LogP contribution is -2.39. The largest absolute Gasteiger partial charge is 0.466 e. The molecule has 3 rings (SSSR count). The van der Waals surface area contributed by atoms with E-state index in [1.165, 1.54) is 12.7 Å². The van der Waals surface area contributed by atoms with Crippen molar-refractivity contribution < 1.29 is 72.7 Å². The first kappa shape index (κ1) is 32.5. The number of rotatable bonds is 2. The number of aliphatic hydroxyl groups excluding tert-OH is 2. The molecule has 0 bridgehead atoms. The normalized spacial score (nSPS) is 22.6. The summed E-state index contributed by atoms with van der Waals surface area (Å²) in [7, 11) is -13.9. The van der Waals surface area contributed by atoms with Gasteiger partial charge >= 0.3 is 23.5 Å². The Kier molecular flexibility index (Phi) is 12.4. The number of aliphatic hydroxyl groups is 2. The molecule has 2 aromatic heterocycles. The number of nitrogens with two attached hydrogens (primary N) is 2. The van der Waals surface area contributed by atoms with Gasteiger partial charge in [-0.05, 0) is 0 Å². The van der Waals surface area contributed by atoms with E-state index in [2.05, 4.69) is 15.0 Å². The third-order valence-electron chi connectivity index (χ3n) is 3.26. The minimum Gasteiger partial charge on any atom is -0.394 e. The van der Waals surface area contributed by atoms with Gasteiger partial charge in [0.1, 0.15) is 24.1 Å². The van der Waals surface area contributed by atoms with Crippen molar-refractivity contribution in [2.45, 2.75) is 24.5 Å². The first-order chi connectivity index (χ1) is 15.1. The van der Waals surface area contributed by atoms with Gasteiger partial charge in [0, 0.05) is 0 Å². The lowest BCUT2D eigenvalue weighted by atomic mass is 10.1. The van der Waals surface area contributed by atoms with E-state index in [1.807, 2.05) is 0 Å². The second kappa shape index (κ2) is 13.0. The number of ether oxygens (including phenoxy) is 1. The number of hydrogen-bond acceptors (Lipinski definition) is 11. The summed E-state index contributed by atoms with van der Waals surface area (Å²) in [6.45, 7) is -0.310. The molecule has 15 N–H and O–H groups in total. The predicted molar refractivity (Wildman–Crippen MR) is 108 cm³/mol. The highest BCUT2D eigenvalue weighted by Crippen LogP contribution is 2.30. The van der Waals surface area contributed by atoms with Crippen molar-refractivity contribution in [1.29, 1.82) is 0 Å². The Morgan fingerprint density at radius 1 is 0.912 bits per heavy atom. The molecule has 0 spiro atoms. The van der Waals surface area contributed by atoms with Gasteiger partial charge in [0.15, 0.2) is 17.7 Å². The molecule has 1 fully saturated rings. The maximum atomic E-state index is 9.85. The quantitative estimate of drug-likeness (QED) is 0.153. The Balaban J connectivity index is 0.000000599. The smallest absolute Gasteiger partial charge is 0.394 e. The molecule has 0 amide bonds. The van der Waals surface area contributed by atoms with Crippen molar-refractivity contribution in [2.75, 3.05) is 12.3 Å². The van der Waals surface area contributed by atoms with Crippen LogP contribution in [0.3, 0.4) is 0 Å². The highest BCUT2D eigenvalue weighted by molar-refractivity contribution is 7.45. The van der Waals surface area contributed by atoms with Gasteiger partial charge in [-0.1, -0.05) is 0 Å². The van der Waals surface area contributed by atoms with E-state index in [9.17, 15) is 5.11 Å². The minimum absolute atomic E-state index is 0.259. The van der Waals surface area contributed by atoms with Gasteiger partial charge in [0.2, 0.25) is 0 Å². The molecule has 24 heteroatoms. The van der Waals surface area contributed by atoms with E-state index in [1.54, 1.807) is 4.57 Å². The Labute approximate surface area is 188 Å². The van der Waals surface area contributed by atoms with Crippen molar-refractivity contribution in [1.82, 2.24) is 19.5 Å². The first-order valence-corrected chi connectivity index (χ1v) is 12.8. The highest BCUT2D eigenvalue weighted by Gasteiger charge is 2.42. The molecule has 2 aromatic rings. The zero-order valence-electron chi connectivity index (χ0n) is 16.5. The van der Waals surface area contributed by atoms with Crippen LogP contribution in [0.2, 0.25) is 0 Å². The van der Waals surface area contributed by atoms with Gasteiger partial charge in [-0.2, -0.15) is 0 Å². The van der Waals surface area contributed by atoms with Crippen LogP contribution in [0.25, 0.3) is 11.2 Å². The molecule has 1 aliphatic rings. The van der Waals surface area contributed by atoms with Gasteiger partial charge in [-0.25, -0.2) is 28.6 Å². The van der Waals surface area contributed by atoms with E-state index in [0.29, 0.717) is 11.2 Å². The third kappa shape index (κ3) is 14.0. The van der Waals surface area contributed by atoms with Gasteiger partial charge in [0.25, 0.3) is 0 Å². The average Bonchev–Trinajstić information content (AvgIpc) is 3.13. The fourth-order valence-corrected chi connectivity index (χ4v) is 2.23. The fraction of sp³-hybridized carbons (Fsp3) is 0.500. The van der Waals surface area contributed by atoms with Crippen LogP contribution in [-0.4, -0.2) is 98.6 Å². The summed E-state index contributed by atoms with van der Waals surface area (Å²) in [5.74, 6) is 0.259. The summed E-state index contributed by atoms with van der Waals surface area (Å²) < 4.78 is 33.8. The van der Waals surface area contributed by atoms with E-state index in [4.69, 9.17) is 79.0 Å². The molecule has 4 atom stereocenters. The SMILES string of the molecule is Nc1ncnc2c1ncn2[C@@H]1O[C@H](CO)[C@@H](O)[C@@H]1N.O=P(O)(O)O.O=P(O)(O)O.O=P(O)(O)O. The zero-order chi connectivity index (χ0) is 27.1. The van der Waals surface area contributed by atoms with E-state index in [-0.39, 0.29) is 12.4 Å². The third-order valence-corrected chi connectivity index (χ3v) is 3.26. The lowest BCUT2D eigenvalue weighted by molar-refractivity contribution is -0.0437. The number of phosphoric acid groups is 3. The maximum absolute atomic E-state index is 9.85. The van der Waals surface area contributed by atoms with Gasteiger partial charge in [0.05, 0.1) is 19.0 Å². The molecule has 0 aromatic carbocycles. The van der Waals surface area contributed by atoms with Crippen molar-refractivity contribution in [3.8, 4) is 0 Å². The van der Waals surface area contributed by atoms with Crippen molar-refractivity contribution >= 4 is 40.4 Å². The molecule has 0 radical (unpaired) electrons. The topological polar surface area (TPSA) is 379 Å².